The number of ether oxygens (including phenoxy) is 1. The van der Waals surface area contributed by atoms with Crippen LogP contribution in [-0.2, 0) is 0 Å². The minimum atomic E-state index is -1.36. The van der Waals surface area contributed by atoms with Gasteiger partial charge in [0, 0.05) is 0 Å². The van der Waals surface area contributed by atoms with Crippen molar-refractivity contribution < 1.29 is 22.3 Å². The summed E-state index contributed by atoms with van der Waals surface area (Å²) in [4.78, 5) is 0. The fourth-order valence-electron chi connectivity index (χ4n) is 1.32. The van der Waals surface area contributed by atoms with Gasteiger partial charge >= 0.3 is 0 Å². The molecule has 2 rings (SSSR count). The molecule has 0 aliphatic heterocycles. The summed E-state index contributed by atoms with van der Waals surface area (Å²) in [5, 5.41) is 0. The van der Waals surface area contributed by atoms with Gasteiger partial charge in [-0.3, -0.25) is 0 Å². The molecule has 0 fully saturated rings. The third-order valence-corrected chi connectivity index (χ3v) is 2.21. The SMILES string of the molecule is Nc1ccc(F)c(F)c1Oc1cccc(F)c1F. The zero-order valence-corrected chi connectivity index (χ0v) is 8.88. The molecular formula is C12H7F4NO. The zero-order chi connectivity index (χ0) is 13.3. The van der Waals surface area contributed by atoms with E-state index in [0.29, 0.717) is 0 Å². The maximum absolute atomic E-state index is 13.4. The number of hydrogen-bond acceptors (Lipinski definition) is 2. The number of nitrogen functional groups attached to an aromatic ring is 1. The molecule has 0 bridgehead atoms. The van der Waals surface area contributed by atoms with Crippen LogP contribution in [-0.4, -0.2) is 0 Å². The summed E-state index contributed by atoms with van der Waals surface area (Å²) in [5.41, 5.74) is 5.15. The minimum Gasteiger partial charge on any atom is -0.449 e. The summed E-state index contributed by atoms with van der Waals surface area (Å²) >= 11 is 0. The van der Waals surface area contributed by atoms with Crippen LogP contribution in [0.5, 0.6) is 11.5 Å². The molecule has 0 aliphatic rings. The molecule has 0 atom stereocenters. The number of rotatable bonds is 2. The Labute approximate surface area is 99.6 Å². The highest BCUT2D eigenvalue weighted by Crippen LogP contribution is 2.33. The van der Waals surface area contributed by atoms with Crippen molar-refractivity contribution in [3.8, 4) is 11.5 Å². The summed E-state index contributed by atoms with van der Waals surface area (Å²) in [6.45, 7) is 0. The first-order valence-electron chi connectivity index (χ1n) is 4.86. The van der Waals surface area contributed by atoms with Crippen LogP contribution in [0.3, 0.4) is 0 Å². The predicted molar refractivity (Wildman–Crippen MR) is 57.2 cm³/mol. The molecule has 0 aliphatic carbocycles. The van der Waals surface area contributed by atoms with Crippen LogP contribution in [0.15, 0.2) is 30.3 Å². The highest BCUT2D eigenvalue weighted by Gasteiger charge is 2.17. The first-order valence-corrected chi connectivity index (χ1v) is 4.86. The van der Waals surface area contributed by atoms with Gasteiger partial charge in [0.15, 0.2) is 23.1 Å². The third-order valence-electron chi connectivity index (χ3n) is 2.21. The average molecular weight is 257 g/mol. The van der Waals surface area contributed by atoms with Gasteiger partial charge in [-0.2, -0.15) is 8.78 Å². The first kappa shape index (κ1) is 12.2. The topological polar surface area (TPSA) is 35.2 Å². The van der Waals surface area contributed by atoms with Crippen molar-refractivity contribution in [3.63, 3.8) is 0 Å². The number of anilines is 1. The van der Waals surface area contributed by atoms with Crippen LogP contribution < -0.4 is 10.5 Å². The summed E-state index contributed by atoms with van der Waals surface area (Å²) in [5.74, 6) is -6.29. The highest BCUT2D eigenvalue weighted by atomic mass is 19.2. The van der Waals surface area contributed by atoms with E-state index in [-0.39, 0.29) is 5.69 Å². The van der Waals surface area contributed by atoms with E-state index < -0.39 is 34.8 Å². The quantitative estimate of drug-likeness (QED) is 0.658. The molecule has 0 spiro atoms. The lowest BCUT2D eigenvalue weighted by Crippen LogP contribution is -1.99. The molecular weight excluding hydrogens is 250 g/mol. The van der Waals surface area contributed by atoms with E-state index in [1.165, 1.54) is 6.07 Å². The lowest BCUT2D eigenvalue weighted by atomic mass is 10.2. The molecule has 2 N–H and O–H groups in total. The maximum Gasteiger partial charge on any atom is 0.203 e. The second-order valence-electron chi connectivity index (χ2n) is 3.43. The molecule has 0 aromatic heterocycles. The van der Waals surface area contributed by atoms with Gasteiger partial charge in [0.05, 0.1) is 5.69 Å². The predicted octanol–water partition coefficient (Wildman–Crippen LogP) is 3.62. The standard InChI is InChI=1S/C12H7F4NO/c13-6-2-1-3-9(10(6)15)18-12-8(17)5-4-7(14)11(12)16/h1-5H,17H2. The normalized spacial score (nSPS) is 10.4. The van der Waals surface area contributed by atoms with Crippen LogP contribution >= 0.6 is 0 Å². The molecule has 0 saturated heterocycles. The van der Waals surface area contributed by atoms with E-state index in [1.54, 1.807) is 0 Å². The largest absolute Gasteiger partial charge is 0.449 e. The van der Waals surface area contributed by atoms with Crippen molar-refractivity contribution in [2.45, 2.75) is 0 Å². The molecule has 0 unspecified atom stereocenters. The molecule has 18 heavy (non-hydrogen) atoms. The summed E-state index contributed by atoms with van der Waals surface area (Å²) in [6.07, 6.45) is 0. The van der Waals surface area contributed by atoms with Crippen molar-refractivity contribution in [2.24, 2.45) is 0 Å². The van der Waals surface area contributed by atoms with E-state index >= 15 is 0 Å². The number of nitrogens with two attached hydrogens (primary N) is 1. The van der Waals surface area contributed by atoms with Gasteiger partial charge in [-0.1, -0.05) is 6.07 Å². The van der Waals surface area contributed by atoms with Crippen molar-refractivity contribution in [2.75, 3.05) is 5.73 Å². The van der Waals surface area contributed by atoms with E-state index in [1.807, 2.05) is 0 Å². The van der Waals surface area contributed by atoms with Crippen molar-refractivity contribution in [3.05, 3.63) is 53.6 Å². The zero-order valence-electron chi connectivity index (χ0n) is 8.88. The molecule has 0 radical (unpaired) electrons. The maximum atomic E-state index is 13.4. The van der Waals surface area contributed by atoms with Crippen molar-refractivity contribution >= 4 is 5.69 Å². The molecule has 2 aromatic rings. The molecule has 6 heteroatoms. The molecule has 0 heterocycles. The van der Waals surface area contributed by atoms with Crippen molar-refractivity contribution in [1.29, 1.82) is 0 Å². The van der Waals surface area contributed by atoms with Crippen LogP contribution in [0.1, 0.15) is 0 Å². The van der Waals surface area contributed by atoms with Gasteiger partial charge in [-0.25, -0.2) is 8.78 Å². The van der Waals surface area contributed by atoms with Crippen LogP contribution in [0.25, 0.3) is 0 Å². The van der Waals surface area contributed by atoms with Gasteiger partial charge in [0.25, 0.3) is 0 Å². The lowest BCUT2D eigenvalue weighted by molar-refractivity contribution is 0.386. The van der Waals surface area contributed by atoms with Crippen molar-refractivity contribution in [1.82, 2.24) is 0 Å². The first-order chi connectivity index (χ1) is 8.50. The van der Waals surface area contributed by atoms with E-state index in [4.69, 9.17) is 10.5 Å². The Bertz CT molecular complexity index is 601. The monoisotopic (exact) mass is 257 g/mol. The lowest BCUT2D eigenvalue weighted by Gasteiger charge is -2.10. The summed E-state index contributed by atoms with van der Waals surface area (Å²) in [7, 11) is 0. The minimum absolute atomic E-state index is 0.224. The molecule has 2 aromatic carbocycles. The number of benzene rings is 2. The Morgan fingerprint density at radius 1 is 0.833 bits per heavy atom. The van der Waals surface area contributed by atoms with E-state index in [0.717, 1.165) is 24.3 Å². The van der Waals surface area contributed by atoms with Gasteiger partial charge in [0.1, 0.15) is 0 Å². The number of halogens is 4. The molecule has 94 valence electrons. The summed E-state index contributed by atoms with van der Waals surface area (Å²) in [6, 6.07) is 4.97. The Morgan fingerprint density at radius 2 is 1.50 bits per heavy atom. The number of hydrogen-bond donors (Lipinski definition) is 1. The second-order valence-corrected chi connectivity index (χ2v) is 3.43. The van der Waals surface area contributed by atoms with Gasteiger partial charge < -0.3 is 10.5 Å². The Hall–Kier alpha value is -2.24. The van der Waals surface area contributed by atoms with Crippen LogP contribution in [0.4, 0.5) is 23.2 Å². The third kappa shape index (κ3) is 2.09. The summed E-state index contributed by atoms with van der Waals surface area (Å²) < 4.78 is 57.3. The van der Waals surface area contributed by atoms with Gasteiger partial charge in [-0.05, 0) is 24.3 Å². The average Bonchev–Trinajstić information content (AvgIpc) is 2.35. The van der Waals surface area contributed by atoms with Crippen LogP contribution in [0, 0.1) is 23.3 Å². The Morgan fingerprint density at radius 3 is 2.22 bits per heavy atom. The van der Waals surface area contributed by atoms with Crippen LogP contribution in [0.2, 0.25) is 0 Å². The highest BCUT2D eigenvalue weighted by molar-refractivity contribution is 5.54. The fourth-order valence-corrected chi connectivity index (χ4v) is 1.32. The Kier molecular flexibility index (Phi) is 3.10. The fraction of sp³-hybridized carbons (Fsp3) is 0. The second kappa shape index (κ2) is 4.56. The van der Waals surface area contributed by atoms with E-state index in [2.05, 4.69) is 0 Å². The smallest absolute Gasteiger partial charge is 0.203 e. The molecule has 0 amide bonds. The molecule has 2 nitrogen and oxygen atoms in total. The molecule has 0 saturated carbocycles. The Balaban J connectivity index is 2.46. The van der Waals surface area contributed by atoms with Gasteiger partial charge in [-0.15, -0.1) is 0 Å². The van der Waals surface area contributed by atoms with E-state index in [9.17, 15) is 17.6 Å². The van der Waals surface area contributed by atoms with Gasteiger partial charge in [0.2, 0.25) is 11.6 Å².